The van der Waals surface area contributed by atoms with Crippen LogP contribution in [0.4, 0.5) is 0 Å². The largest absolute Gasteiger partial charge is 0.345 e. The number of nitriles is 1. The molecule has 0 atom stereocenters. The molecule has 0 N–H and O–H groups in total. The van der Waals surface area contributed by atoms with Crippen LogP contribution in [0.25, 0.3) is 0 Å². The lowest BCUT2D eigenvalue weighted by Gasteiger charge is -2.53. The van der Waals surface area contributed by atoms with E-state index in [4.69, 9.17) is 9.78 Å². The van der Waals surface area contributed by atoms with Crippen LogP contribution in [-0.2, 0) is 0 Å². The number of nitrogens with zero attached hydrogens (tertiary/aromatic N) is 2. The van der Waals surface area contributed by atoms with Crippen molar-refractivity contribution in [3.63, 3.8) is 0 Å². The van der Waals surface area contributed by atoms with Crippen LogP contribution in [0.3, 0.4) is 0 Å². The molecule has 0 unspecified atom stereocenters. The Bertz CT molecular complexity index is 457. The molecule has 1 aromatic heterocycles. The van der Waals surface area contributed by atoms with Gasteiger partial charge in [-0.05, 0) is 55.8 Å². The highest BCUT2D eigenvalue weighted by molar-refractivity contribution is 5.23. The Balaban J connectivity index is 1.68. The number of hydrogen-bond donors (Lipinski definition) is 0. The summed E-state index contributed by atoms with van der Waals surface area (Å²) in [4.78, 5) is 0. The van der Waals surface area contributed by atoms with Crippen molar-refractivity contribution < 1.29 is 4.52 Å². The van der Waals surface area contributed by atoms with Crippen molar-refractivity contribution in [1.82, 2.24) is 5.16 Å². The summed E-state index contributed by atoms with van der Waals surface area (Å²) in [6, 6.07) is 3.91. The summed E-state index contributed by atoms with van der Waals surface area (Å²) in [5, 5.41) is 13.0. The second-order valence-electron chi connectivity index (χ2n) is 6.18. The number of rotatable bonds is 1. The minimum absolute atomic E-state index is 0.369. The zero-order valence-corrected chi connectivity index (χ0v) is 9.80. The summed E-state index contributed by atoms with van der Waals surface area (Å²) in [5.74, 6) is 4.53. The maximum Gasteiger partial charge on any atom is 0.236 e. The molecule has 4 aliphatic rings. The molecule has 1 heterocycles. The van der Waals surface area contributed by atoms with E-state index in [1.807, 2.05) is 12.1 Å². The van der Waals surface area contributed by atoms with E-state index in [2.05, 4.69) is 5.16 Å². The molecule has 0 aromatic carbocycles. The third-order valence-corrected chi connectivity index (χ3v) is 5.21. The van der Waals surface area contributed by atoms with Crippen LogP contribution in [0, 0.1) is 35.0 Å². The van der Waals surface area contributed by atoms with Gasteiger partial charge in [0.1, 0.15) is 6.07 Å². The van der Waals surface area contributed by atoms with E-state index >= 15 is 0 Å². The highest BCUT2D eigenvalue weighted by atomic mass is 16.5. The molecule has 5 rings (SSSR count). The molecule has 3 nitrogen and oxygen atoms in total. The third-order valence-electron chi connectivity index (χ3n) is 5.21. The average molecular weight is 228 g/mol. The lowest BCUT2D eigenvalue weighted by molar-refractivity contribution is -0.00505. The van der Waals surface area contributed by atoms with Crippen molar-refractivity contribution in [2.24, 2.45) is 23.7 Å². The fraction of sp³-hybridized carbons (Fsp3) is 0.714. The molecule has 0 amide bonds. The minimum Gasteiger partial charge on any atom is -0.345 e. The van der Waals surface area contributed by atoms with Crippen LogP contribution in [0.2, 0.25) is 0 Å². The number of hydrogen-bond acceptors (Lipinski definition) is 3. The monoisotopic (exact) mass is 228 g/mol. The highest BCUT2D eigenvalue weighted by Gasteiger charge is 2.49. The van der Waals surface area contributed by atoms with Crippen LogP contribution in [-0.4, -0.2) is 5.16 Å². The summed E-state index contributed by atoms with van der Waals surface area (Å²) in [5.41, 5.74) is 1.05. The highest BCUT2D eigenvalue weighted by Crippen LogP contribution is 2.59. The predicted molar refractivity (Wildman–Crippen MR) is 61.0 cm³/mol. The van der Waals surface area contributed by atoms with Gasteiger partial charge in [-0.1, -0.05) is 5.16 Å². The molecule has 0 aliphatic heterocycles. The smallest absolute Gasteiger partial charge is 0.236 e. The van der Waals surface area contributed by atoms with Gasteiger partial charge in [0.2, 0.25) is 5.76 Å². The zero-order chi connectivity index (χ0) is 11.4. The van der Waals surface area contributed by atoms with Crippen molar-refractivity contribution in [2.75, 3.05) is 0 Å². The van der Waals surface area contributed by atoms with E-state index in [-0.39, 0.29) is 0 Å². The maximum atomic E-state index is 8.82. The Kier molecular flexibility index (Phi) is 1.91. The van der Waals surface area contributed by atoms with Gasteiger partial charge in [-0.3, -0.25) is 0 Å². The first-order chi connectivity index (χ1) is 8.33. The van der Waals surface area contributed by atoms with Crippen LogP contribution in [0.15, 0.2) is 10.6 Å². The molecule has 0 spiro atoms. The van der Waals surface area contributed by atoms with E-state index in [1.54, 1.807) is 0 Å². The summed E-state index contributed by atoms with van der Waals surface area (Å²) < 4.78 is 5.06. The summed E-state index contributed by atoms with van der Waals surface area (Å²) in [6.45, 7) is 0. The van der Waals surface area contributed by atoms with E-state index in [1.165, 1.54) is 32.1 Å². The van der Waals surface area contributed by atoms with Crippen molar-refractivity contribution in [2.45, 2.75) is 38.0 Å². The molecule has 0 saturated heterocycles. The van der Waals surface area contributed by atoms with Gasteiger partial charge in [0.05, 0.1) is 5.69 Å². The quantitative estimate of drug-likeness (QED) is 0.742. The van der Waals surface area contributed by atoms with Gasteiger partial charge in [0.15, 0.2) is 0 Å². The normalized spacial score (nSPS) is 42.6. The SMILES string of the molecule is N#Cc1cc(C2C3CC4CC(C3)CC2C4)no1. The average Bonchev–Trinajstić information content (AvgIpc) is 2.76. The molecule has 1 aromatic rings. The van der Waals surface area contributed by atoms with Crippen LogP contribution in [0.5, 0.6) is 0 Å². The summed E-state index contributed by atoms with van der Waals surface area (Å²) in [6.07, 6.45) is 7.00. The third kappa shape index (κ3) is 1.36. The molecule has 4 aliphatic carbocycles. The van der Waals surface area contributed by atoms with Crippen LogP contribution < -0.4 is 0 Å². The van der Waals surface area contributed by atoms with E-state index < -0.39 is 0 Å². The lowest BCUT2D eigenvalue weighted by atomic mass is 9.51. The fourth-order valence-electron chi connectivity index (χ4n) is 4.91. The standard InChI is InChI=1S/C14H16N2O/c15-7-12-6-13(16-17-12)14-10-2-8-1-9(4-10)5-11(14)3-8/h6,8-11,14H,1-5H2. The lowest BCUT2D eigenvalue weighted by Crippen LogP contribution is -2.43. The van der Waals surface area contributed by atoms with Gasteiger partial charge >= 0.3 is 0 Å². The Morgan fingerprint density at radius 2 is 1.76 bits per heavy atom. The molecular weight excluding hydrogens is 212 g/mol. The zero-order valence-electron chi connectivity index (χ0n) is 9.80. The van der Waals surface area contributed by atoms with E-state index in [9.17, 15) is 0 Å². The number of aromatic nitrogens is 1. The first-order valence-electron chi connectivity index (χ1n) is 6.70. The van der Waals surface area contributed by atoms with Gasteiger partial charge in [0, 0.05) is 12.0 Å². The Morgan fingerprint density at radius 1 is 1.12 bits per heavy atom. The Labute approximate surface area is 101 Å². The van der Waals surface area contributed by atoms with E-state index in [0.717, 1.165) is 29.4 Å². The van der Waals surface area contributed by atoms with Crippen molar-refractivity contribution in [3.8, 4) is 6.07 Å². The Hall–Kier alpha value is -1.30. The molecule has 17 heavy (non-hydrogen) atoms. The van der Waals surface area contributed by atoms with Crippen molar-refractivity contribution in [3.05, 3.63) is 17.5 Å². The first kappa shape index (κ1) is 9.70. The second kappa shape index (κ2) is 3.35. The maximum absolute atomic E-state index is 8.82. The molecular formula is C14H16N2O. The van der Waals surface area contributed by atoms with Gasteiger partial charge in [-0.15, -0.1) is 0 Å². The molecule has 3 heteroatoms. The molecule has 88 valence electrons. The molecule has 4 bridgehead atoms. The summed E-state index contributed by atoms with van der Waals surface area (Å²) >= 11 is 0. The van der Waals surface area contributed by atoms with Crippen LogP contribution in [0.1, 0.15) is 49.5 Å². The van der Waals surface area contributed by atoms with Gasteiger partial charge in [0.25, 0.3) is 0 Å². The minimum atomic E-state index is 0.369. The molecule has 4 fully saturated rings. The van der Waals surface area contributed by atoms with Crippen molar-refractivity contribution in [1.29, 1.82) is 5.26 Å². The van der Waals surface area contributed by atoms with E-state index in [0.29, 0.717) is 11.7 Å². The van der Waals surface area contributed by atoms with Gasteiger partial charge < -0.3 is 4.52 Å². The predicted octanol–water partition coefficient (Wildman–Crippen LogP) is 3.09. The summed E-state index contributed by atoms with van der Waals surface area (Å²) in [7, 11) is 0. The molecule has 0 radical (unpaired) electrons. The van der Waals surface area contributed by atoms with Gasteiger partial charge in [-0.25, -0.2) is 0 Å². The fourth-order valence-corrected chi connectivity index (χ4v) is 4.91. The first-order valence-corrected chi connectivity index (χ1v) is 6.70. The van der Waals surface area contributed by atoms with Gasteiger partial charge in [-0.2, -0.15) is 5.26 Å². The Morgan fingerprint density at radius 3 is 2.29 bits per heavy atom. The topological polar surface area (TPSA) is 49.8 Å². The second-order valence-corrected chi connectivity index (χ2v) is 6.18. The van der Waals surface area contributed by atoms with Crippen LogP contribution >= 0.6 is 0 Å². The molecule has 4 saturated carbocycles. The van der Waals surface area contributed by atoms with Crippen molar-refractivity contribution >= 4 is 0 Å².